The summed E-state index contributed by atoms with van der Waals surface area (Å²) in [7, 11) is 1.68. The number of nitrogens with zero attached hydrogens (tertiary/aromatic N) is 1. The molecule has 84 valence electrons. The summed E-state index contributed by atoms with van der Waals surface area (Å²) in [6.45, 7) is 2.77. The van der Waals surface area contributed by atoms with Crippen molar-refractivity contribution in [2.75, 3.05) is 26.9 Å². The van der Waals surface area contributed by atoms with Gasteiger partial charge in [0.1, 0.15) is 0 Å². The maximum Gasteiger partial charge on any atom is 0.166 e. The van der Waals surface area contributed by atoms with E-state index in [1.165, 1.54) is 0 Å². The lowest BCUT2D eigenvalue weighted by Gasteiger charge is -2.06. The van der Waals surface area contributed by atoms with Crippen LogP contribution in [0.4, 0.5) is 0 Å². The normalized spacial score (nSPS) is 10.5. The fraction of sp³-hybridized carbons (Fsp3) is 0.545. The molecule has 0 aliphatic rings. The van der Waals surface area contributed by atoms with E-state index in [0.717, 1.165) is 19.3 Å². The number of ether oxygens (including phenoxy) is 2. The van der Waals surface area contributed by atoms with Crippen LogP contribution in [-0.4, -0.2) is 37.8 Å². The molecule has 1 rings (SSSR count). The zero-order valence-corrected chi connectivity index (χ0v) is 9.02. The van der Waals surface area contributed by atoms with Crippen molar-refractivity contribution >= 4 is 6.29 Å². The van der Waals surface area contributed by atoms with Crippen LogP contribution < -0.4 is 0 Å². The van der Waals surface area contributed by atoms with E-state index < -0.39 is 0 Å². The second-order valence-corrected chi connectivity index (χ2v) is 3.20. The highest BCUT2D eigenvalue weighted by Gasteiger charge is 1.98. The van der Waals surface area contributed by atoms with Gasteiger partial charge in [-0.2, -0.15) is 0 Å². The summed E-state index contributed by atoms with van der Waals surface area (Å²) >= 11 is 0. The van der Waals surface area contributed by atoms with Gasteiger partial charge in [0.05, 0.1) is 12.3 Å². The van der Waals surface area contributed by atoms with Gasteiger partial charge in [-0.15, -0.1) is 0 Å². The molecule has 0 aromatic carbocycles. The minimum absolute atomic E-state index is 0.624. The van der Waals surface area contributed by atoms with Crippen LogP contribution in [0, 0.1) is 0 Å². The summed E-state index contributed by atoms with van der Waals surface area (Å²) in [5.41, 5.74) is 0.690. The van der Waals surface area contributed by atoms with Gasteiger partial charge in [-0.25, -0.2) is 0 Å². The molecule has 0 amide bonds. The van der Waals surface area contributed by atoms with Crippen LogP contribution in [0.1, 0.15) is 16.9 Å². The summed E-state index contributed by atoms with van der Waals surface area (Å²) < 4.78 is 12.2. The summed E-state index contributed by atoms with van der Waals surface area (Å²) in [5.74, 6) is 0. The van der Waals surface area contributed by atoms with Gasteiger partial charge in [0, 0.05) is 33.1 Å². The fourth-order valence-electron chi connectivity index (χ4n) is 1.31. The molecule has 0 aliphatic carbocycles. The van der Waals surface area contributed by atoms with E-state index in [4.69, 9.17) is 9.47 Å². The predicted molar refractivity (Wildman–Crippen MR) is 57.1 cm³/mol. The number of aldehydes is 1. The van der Waals surface area contributed by atoms with Gasteiger partial charge in [-0.3, -0.25) is 4.79 Å². The van der Waals surface area contributed by atoms with Crippen LogP contribution in [-0.2, 0) is 16.0 Å². The first-order valence-electron chi connectivity index (χ1n) is 5.05. The minimum Gasteiger partial charge on any atom is -0.385 e. The average molecular weight is 211 g/mol. The van der Waals surface area contributed by atoms with Crippen molar-refractivity contribution in [2.45, 2.75) is 13.0 Å². The maximum absolute atomic E-state index is 10.6. The largest absolute Gasteiger partial charge is 0.385 e. The van der Waals surface area contributed by atoms with E-state index in [1.807, 2.05) is 16.8 Å². The van der Waals surface area contributed by atoms with Crippen LogP contribution in [0.3, 0.4) is 0 Å². The van der Waals surface area contributed by atoms with Crippen molar-refractivity contribution in [3.63, 3.8) is 0 Å². The highest BCUT2D eigenvalue weighted by Crippen LogP contribution is 1.98. The summed E-state index contributed by atoms with van der Waals surface area (Å²) in [4.78, 5) is 10.6. The number of aromatic nitrogens is 1. The van der Waals surface area contributed by atoms with Crippen LogP contribution in [0.15, 0.2) is 18.3 Å². The molecule has 0 aliphatic heterocycles. The van der Waals surface area contributed by atoms with Crippen LogP contribution in [0.25, 0.3) is 0 Å². The molecule has 4 heteroatoms. The Morgan fingerprint density at radius 2 is 2.27 bits per heavy atom. The van der Waals surface area contributed by atoms with Crippen LogP contribution in [0.2, 0.25) is 0 Å². The van der Waals surface area contributed by atoms with Crippen molar-refractivity contribution in [2.24, 2.45) is 0 Å². The topological polar surface area (TPSA) is 40.5 Å². The Morgan fingerprint density at radius 1 is 1.40 bits per heavy atom. The molecule has 0 radical (unpaired) electrons. The minimum atomic E-state index is 0.624. The molecule has 0 N–H and O–H groups in total. The lowest BCUT2D eigenvalue weighted by molar-refractivity contribution is 0.0967. The maximum atomic E-state index is 10.6. The Morgan fingerprint density at radius 3 is 3.00 bits per heavy atom. The Bertz CT molecular complexity index is 283. The second-order valence-electron chi connectivity index (χ2n) is 3.20. The lowest BCUT2D eigenvalue weighted by atomic mass is 10.4. The second kappa shape index (κ2) is 7.20. The first-order chi connectivity index (χ1) is 7.38. The van der Waals surface area contributed by atoms with E-state index in [2.05, 4.69) is 0 Å². The van der Waals surface area contributed by atoms with Gasteiger partial charge in [0.25, 0.3) is 0 Å². The highest BCUT2D eigenvalue weighted by atomic mass is 16.5. The molecule has 0 bridgehead atoms. The predicted octanol–water partition coefficient (Wildman–Crippen LogP) is 1.35. The Labute approximate surface area is 89.8 Å². The molecule has 0 unspecified atom stereocenters. The number of carbonyl (C=O) groups excluding carboxylic acids is 1. The molecule has 0 fully saturated rings. The van der Waals surface area contributed by atoms with Crippen molar-refractivity contribution in [3.8, 4) is 0 Å². The monoisotopic (exact) mass is 211 g/mol. The van der Waals surface area contributed by atoms with E-state index >= 15 is 0 Å². The van der Waals surface area contributed by atoms with Crippen LogP contribution >= 0.6 is 0 Å². The number of hydrogen-bond acceptors (Lipinski definition) is 3. The zero-order chi connectivity index (χ0) is 10.9. The quantitative estimate of drug-likeness (QED) is 0.481. The number of carbonyl (C=O) groups is 1. The average Bonchev–Trinajstić information content (AvgIpc) is 2.70. The third-order valence-corrected chi connectivity index (χ3v) is 2.10. The van der Waals surface area contributed by atoms with Crippen molar-refractivity contribution in [1.29, 1.82) is 0 Å². The van der Waals surface area contributed by atoms with E-state index in [9.17, 15) is 4.79 Å². The summed E-state index contributed by atoms with van der Waals surface area (Å²) in [6.07, 6.45) is 3.63. The highest BCUT2D eigenvalue weighted by molar-refractivity contribution is 5.72. The Kier molecular flexibility index (Phi) is 5.73. The van der Waals surface area contributed by atoms with Gasteiger partial charge >= 0.3 is 0 Å². The summed E-state index contributed by atoms with van der Waals surface area (Å²) in [6, 6.07) is 3.65. The van der Waals surface area contributed by atoms with E-state index in [-0.39, 0.29) is 0 Å². The SMILES string of the molecule is COCCCOCCn1cccc1C=O. The van der Waals surface area contributed by atoms with Gasteiger partial charge in [0.15, 0.2) is 6.29 Å². The number of hydrogen-bond donors (Lipinski definition) is 0. The van der Waals surface area contributed by atoms with Crippen LogP contribution in [0.5, 0.6) is 0 Å². The van der Waals surface area contributed by atoms with E-state index in [0.29, 0.717) is 25.5 Å². The molecule has 15 heavy (non-hydrogen) atoms. The van der Waals surface area contributed by atoms with Gasteiger partial charge < -0.3 is 14.0 Å². The zero-order valence-electron chi connectivity index (χ0n) is 9.02. The molecule has 1 aromatic rings. The van der Waals surface area contributed by atoms with Crippen molar-refractivity contribution < 1.29 is 14.3 Å². The molecule has 0 spiro atoms. The number of rotatable bonds is 8. The van der Waals surface area contributed by atoms with Crippen molar-refractivity contribution in [1.82, 2.24) is 4.57 Å². The molecular weight excluding hydrogens is 194 g/mol. The molecule has 1 heterocycles. The third kappa shape index (κ3) is 4.27. The molecule has 4 nitrogen and oxygen atoms in total. The van der Waals surface area contributed by atoms with Crippen molar-refractivity contribution in [3.05, 3.63) is 24.0 Å². The molecular formula is C11H17NO3. The first-order valence-corrected chi connectivity index (χ1v) is 5.05. The van der Waals surface area contributed by atoms with Gasteiger partial charge in [0.2, 0.25) is 0 Å². The molecule has 0 saturated heterocycles. The summed E-state index contributed by atoms with van der Waals surface area (Å²) in [5, 5.41) is 0. The standard InChI is InChI=1S/C11H17NO3/c1-14-7-3-8-15-9-6-12-5-2-4-11(12)10-13/h2,4-5,10H,3,6-9H2,1H3. The van der Waals surface area contributed by atoms with Gasteiger partial charge in [-0.1, -0.05) is 0 Å². The van der Waals surface area contributed by atoms with E-state index in [1.54, 1.807) is 13.2 Å². The molecule has 0 atom stereocenters. The Hall–Kier alpha value is -1.13. The lowest BCUT2D eigenvalue weighted by Crippen LogP contribution is -2.09. The third-order valence-electron chi connectivity index (χ3n) is 2.10. The Balaban J connectivity index is 2.12. The smallest absolute Gasteiger partial charge is 0.166 e. The molecule has 0 saturated carbocycles. The van der Waals surface area contributed by atoms with Gasteiger partial charge in [-0.05, 0) is 18.6 Å². The first kappa shape index (κ1) is 11.9. The fourth-order valence-corrected chi connectivity index (χ4v) is 1.31. The molecule has 1 aromatic heterocycles. The number of methoxy groups -OCH3 is 1.